The lowest BCUT2D eigenvalue weighted by Crippen LogP contribution is -2.70. The van der Waals surface area contributed by atoms with E-state index < -0.39 is 53.5 Å². The third-order valence-electron chi connectivity index (χ3n) is 5.28. The molecule has 2 amide bonds. The number of carboxylic acids is 1. The lowest BCUT2D eigenvalue weighted by Gasteiger charge is -2.52. The fraction of sp³-hybridized carbons (Fsp3) is 0.400. The molecule has 1 aromatic heterocycles. The van der Waals surface area contributed by atoms with E-state index in [0.29, 0.717) is 5.75 Å². The van der Waals surface area contributed by atoms with E-state index in [4.69, 9.17) is 19.8 Å². The maximum Gasteiger partial charge on any atom is 0.352 e. The second-order valence-electron chi connectivity index (χ2n) is 7.51. The van der Waals surface area contributed by atoms with Crippen LogP contribution in [0.25, 0.3) is 0 Å². The Balaban J connectivity index is 1.59. The highest BCUT2D eigenvalue weighted by Gasteiger charge is 2.57. The van der Waals surface area contributed by atoms with Crippen LogP contribution in [0.4, 0.5) is 6.01 Å². The van der Waals surface area contributed by atoms with Gasteiger partial charge in [0, 0.05) is 5.75 Å². The zero-order valence-electron chi connectivity index (χ0n) is 19.3. The van der Waals surface area contributed by atoms with Crippen molar-refractivity contribution in [2.75, 3.05) is 31.2 Å². The minimum Gasteiger partial charge on any atom is -0.477 e. The molecule has 17 heteroatoms. The minimum absolute atomic E-state index is 0.116. The first kappa shape index (κ1) is 25.6. The van der Waals surface area contributed by atoms with Crippen molar-refractivity contribution in [3.05, 3.63) is 30.0 Å². The summed E-state index contributed by atoms with van der Waals surface area (Å²) in [6.45, 7) is 1.36. The van der Waals surface area contributed by atoms with Gasteiger partial charge in [-0.1, -0.05) is 10.3 Å². The number of hydrogen-bond donors (Lipinski definition) is 3. The van der Waals surface area contributed by atoms with Crippen LogP contribution < -0.4 is 11.1 Å². The van der Waals surface area contributed by atoms with E-state index in [2.05, 4.69) is 31.8 Å². The molecule has 2 unspecified atom stereocenters. The summed E-state index contributed by atoms with van der Waals surface area (Å²) in [5.41, 5.74) is 4.87. The number of aliphatic imine (C=N–C) groups is 1. The Bertz CT molecular complexity index is 1210. The van der Waals surface area contributed by atoms with Gasteiger partial charge in [0.1, 0.15) is 24.3 Å². The Morgan fingerprint density at radius 1 is 1.46 bits per heavy atom. The number of fused-ring (bicyclic) bond motifs is 1. The largest absolute Gasteiger partial charge is 0.477 e. The zero-order valence-corrected chi connectivity index (χ0v) is 20.1. The lowest BCUT2D eigenvalue weighted by molar-refractivity contribution is -0.156. The van der Waals surface area contributed by atoms with Gasteiger partial charge < -0.3 is 35.2 Å². The quantitative estimate of drug-likeness (QED) is 0.103. The molecule has 3 atom stereocenters. The van der Waals surface area contributed by atoms with Crippen LogP contribution >= 0.6 is 11.8 Å². The molecule has 194 valence electrons. The molecule has 0 radical (unpaired) electrons. The maximum absolute atomic E-state index is 13.4. The Hall–Kier alpha value is -4.50. The summed E-state index contributed by atoms with van der Waals surface area (Å²) < 4.78 is 9.48. The Labute approximate surface area is 213 Å². The highest BCUT2D eigenvalue weighted by atomic mass is 32.2. The molecule has 3 aliphatic rings. The van der Waals surface area contributed by atoms with E-state index in [9.17, 15) is 24.3 Å². The van der Waals surface area contributed by atoms with Gasteiger partial charge in [0.05, 0.1) is 12.0 Å². The SMILES string of the molecule is CCOC(=O)CON=C(C(=O)NC(C1C(=O)N2C(C(=O)O)=CCS[C@@H]12)N1C=[C+]N=CC1)c1noc(N)n1. The van der Waals surface area contributed by atoms with Gasteiger partial charge in [-0.3, -0.25) is 14.5 Å². The molecule has 0 aromatic carbocycles. The monoisotopic (exact) mass is 533 g/mol. The van der Waals surface area contributed by atoms with Crippen molar-refractivity contribution in [2.24, 2.45) is 16.1 Å². The van der Waals surface area contributed by atoms with E-state index in [0.717, 1.165) is 0 Å². The van der Waals surface area contributed by atoms with Crippen LogP contribution in [0.1, 0.15) is 12.7 Å². The fourth-order valence-corrected chi connectivity index (χ4v) is 5.01. The Morgan fingerprint density at radius 3 is 2.92 bits per heavy atom. The zero-order chi connectivity index (χ0) is 26.5. The van der Waals surface area contributed by atoms with Gasteiger partial charge in [0.2, 0.25) is 30.3 Å². The van der Waals surface area contributed by atoms with Crippen molar-refractivity contribution in [3.63, 3.8) is 0 Å². The van der Waals surface area contributed by atoms with Gasteiger partial charge in [0.25, 0.3) is 5.91 Å². The number of nitrogen functional groups attached to an aromatic ring is 1. The number of oxime groups is 1. The Kier molecular flexibility index (Phi) is 7.64. The first-order chi connectivity index (χ1) is 17.8. The summed E-state index contributed by atoms with van der Waals surface area (Å²) in [4.78, 5) is 65.1. The number of hydrogen-bond acceptors (Lipinski definition) is 14. The summed E-state index contributed by atoms with van der Waals surface area (Å²) in [6, 6.07) is -0.348. The number of carboxylic acid groups (broad SMARTS) is 1. The number of amides is 2. The number of aromatic nitrogens is 2. The third kappa shape index (κ3) is 5.36. The first-order valence-electron chi connectivity index (χ1n) is 10.8. The Morgan fingerprint density at radius 2 is 2.27 bits per heavy atom. The summed E-state index contributed by atoms with van der Waals surface area (Å²) in [5.74, 6) is -4.11. The highest BCUT2D eigenvalue weighted by Crippen LogP contribution is 2.43. The molecule has 0 aliphatic carbocycles. The molecule has 1 fully saturated rings. The molecular formula is C20H21N8O8S+. The molecule has 3 aliphatic heterocycles. The topological polar surface area (TPSA) is 215 Å². The van der Waals surface area contributed by atoms with Gasteiger partial charge in [-0.15, -0.1) is 11.8 Å². The lowest BCUT2D eigenvalue weighted by atomic mass is 9.92. The van der Waals surface area contributed by atoms with Crippen molar-refractivity contribution >= 4 is 53.5 Å². The fourth-order valence-electron chi connectivity index (χ4n) is 3.72. The average molecular weight is 534 g/mol. The predicted octanol–water partition coefficient (Wildman–Crippen LogP) is -1.46. The van der Waals surface area contributed by atoms with E-state index >= 15 is 0 Å². The van der Waals surface area contributed by atoms with Crippen LogP contribution in [0.5, 0.6) is 0 Å². The third-order valence-corrected chi connectivity index (χ3v) is 6.48. The van der Waals surface area contributed by atoms with Crippen LogP contribution in [0, 0.1) is 12.1 Å². The number of carbonyl (C=O) groups excluding carboxylic acids is 3. The number of nitrogens with one attached hydrogen (secondary N) is 1. The van der Waals surface area contributed by atoms with Crippen LogP contribution in [-0.2, 0) is 28.8 Å². The number of nitrogens with two attached hydrogens (primary N) is 1. The van der Waals surface area contributed by atoms with Crippen LogP contribution in [0.3, 0.4) is 0 Å². The second-order valence-corrected chi connectivity index (χ2v) is 8.66. The number of rotatable bonds is 10. The van der Waals surface area contributed by atoms with Gasteiger partial charge in [-0.25, -0.2) is 9.59 Å². The van der Waals surface area contributed by atoms with Crippen molar-refractivity contribution < 1.29 is 38.4 Å². The normalized spacial score (nSPS) is 21.3. The van der Waals surface area contributed by atoms with Gasteiger partial charge in [0.15, 0.2) is 12.4 Å². The van der Waals surface area contributed by atoms with Crippen molar-refractivity contribution in [1.82, 2.24) is 25.3 Å². The molecule has 0 spiro atoms. The molecule has 1 saturated heterocycles. The summed E-state index contributed by atoms with van der Waals surface area (Å²) in [6.07, 6.45) is 6.12. The van der Waals surface area contributed by atoms with Gasteiger partial charge >= 0.3 is 18.0 Å². The molecule has 0 bridgehead atoms. The van der Waals surface area contributed by atoms with Gasteiger partial charge in [-0.05, 0) is 18.0 Å². The number of ether oxygens (including phenoxy) is 1. The highest BCUT2D eigenvalue weighted by molar-refractivity contribution is 8.00. The summed E-state index contributed by atoms with van der Waals surface area (Å²) >= 11 is 1.35. The number of thioether (sulfide) groups is 1. The molecule has 4 heterocycles. The predicted molar refractivity (Wildman–Crippen MR) is 125 cm³/mol. The number of esters is 1. The van der Waals surface area contributed by atoms with Crippen LogP contribution in [-0.4, -0.2) is 97.8 Å². The number of nitrogens with zero attached hydrogens (tertiary/aromatic N) is 6. The van der Waals surface area contributed by atoms with Crippen molar-refractivity contribution in [1.29, 1.82) is 0 Å². The number of β-lactam (4-membered cyclic amide) rings is 1. The van der Waals surface area contributed by atoms with E-state index in [1.165, 1.54) is 35.2 Å². The van der Waals surface area contributed by atoms with Crippen LogP contribution in [0.2, 0.25) is 0 Å². The number of aliphatic carboxylic acids is 1. The van der Waals surface area contributed by atoms with Crippen LogP contribution in [0.15, 0.2) is 32.6 Å². The smallest absolute Gasteiger partial charge is 0.352 e. The second kappa shape index (κ2) is 11.0. The summed E-state index contributed by atoms with van der Waals surface area (Å²) in [7, 11) is 0. The molecule has 4 rings (SSSR count). The first-order valence-corrected chi connectivity index (χ1v) is 11.9. The maximum atomic E-state index is 13.4. The molecular weight excluding hydrogens is 512 g/mol. The van der Waals surface area contributed by atoms with Crippen molar-refractivity contribution in [2.45, 2.75) is 18.5 Å². The van der Waals surface area contributed by atoms with E-state index in [1.807, 2.05) is 0 Å². The molecule has 1 aromatic rings. The van der Waals surface area contributed by atoms with E-state index in [-0.39, 0.29) is 30.7 Å². The molecule has 16 nitrogen and oxygen atoms in total. The number of carbonyl (C=O) groups is 4. The van der Waals surface area contributed by atoms with Gasteiger partial charge in [-0.2, -0.15) is 4.98 Å². The molecule has 0 saturated carbocycles. The summed E-state index contributed by atoms with van der Waals surface area (Å²) in [5, 5.41) is 18.9. The van der Waals surface area contributed by atoms with E-state index in [1.54, 1.807) is 11.8 Å². The van der Waals surface area contributed by atoms with Crippen molar-refractivity contribution in [3.8, 4) is 0 Å². The standard InChI is InChI=1S/C20H20N8O8S/c1-2-34-11(29)9-35-25-13(14-23-20(21)36-26-14)16(30)24-15(27-6-4-22-5-7-27)12-17(31)28-10(19(32)33)3-8-37-18(12)28/h3-4,7,12,15,18H,2,6,8-9H2,1H3,(H3-,21,23,24,26,30,32,33)/p+1/t12?,15?,18-/m0/s1. The average Bonchev–Trinajstić information content (AvgIpc) is 3.31. The minimum atomic E-state index is -1.22. The molecule has 4 N–H and O–H groups in total. The molecule has 37 heavy (non-hydrogen) atoms. The number of anilines is 1.